The minimum Gasteiger partial charge on any atom is -0.326 e. The van der Waals surface area contributed by atoms with Crippen molar-refractivity contribution >= 4 is 27.5 Å². The predicted molar refractivity (Wildman–Crippen MR) is 78.7 cm³/mol. The van der Waals surface area contributed by atoms with Crippen molar-refractivity contribution in [3.05, 3.63) is 39.9 Å². The second-order valence-corrected chi connectivity index (χ2v) is 5.60. The standard InChI is InChI=1S/C15H18BrNO/c1-11-13(16)8-5-9-14(11)17-15(18)10-12-6-3-2-4-7-12/h5-6,8-9H,2-4,7,10H2,1H3,(H,17,18). The van der Waals surface area contributed by atoms with Crippen LogP contribution in [-0.2, 0) is 4.79 Å². The highest BCUT2D eigenvalue weighted by Gasteiger charge is 2.10. The van der Waals surface area contributed by atoms with Gasteiger partial charge in [-0.05, 0) is 50.3 Å². The summed E-state index contributed by atoms with van der Waals surface area (Å²) in [5.41, 5.74) is 3.25. The lowest BCUT2D eigenvalue weighted by Gasteiger charge is -2.13. The third kappa shape index (κ3) is 3.45. The van der Waals surface area contributed by atoms with Crippen LogP contribution in [0, 0.1) is 6.92 Å². The lowest BCUT2D eigenvalue weighted by atomic mass is 9.97. The van der Waals surface area contributed by atoms with Crippen LogP contribution in [0.5, 0.6) is 0 Å². The molecular weight excluding hydrogens is 290 g/mol. The van der Waals surface area contributed by atoms with Crippen LogP contribution in [0.2, 0.25) is 0 Å². The lowest BCUT2D eigenvalue weighted by molar-refractivity contribution is -0.115. The fourth-order valence-electron chi connectivity index (χ4n) is 2.21. The van der Waals surface area contributed by atoms with Crippen LogP contribution in [0.15, 0.2) is 34.3 Å². The zero-order valence-corrected chi connectivity index (χ0v) is 12.2. The Labute approximate surface area is 117 Å². The van der Waals surface area contributed by atoms with Gasteiger partial charge >= 0.3 is 0 Å². The average molecular weight is 308 g/mol. The molecule has 1 N–H and O–H groups in total. The van der Waals surface area contributed by atoms with Crippen molar-refractivity contribution in [1.82, 2.24) is 0 Å². The van der Waals surface area contributed by atoms with E-state index in [2.05, 4.69) is 27.3 Å². The zero-order chi connectivity index (χ0) is 13.0. The van der Waals surface area contributed by atoms with E-state index in [-0.39, 0.29) is 5.91 Å². The summed E-state index contributed by atoms with van der Waals surface area (Å²) in [5, 5.41) is 2.99. The van der Waals surface area contributed by atoms with E-state index in [1.165, 1.54) is 18.4 Å². The Morgan fingerprint density at radius 3 is 2.94 bits per heavy atom. The molecule has 0 heterocycles. The molecule has 2 nitrogen and oxygen atoms in total. The maximum Gasteiger partial charge on any atom is 0.228 e. The van der Waals surface area contributed by atoms with Gasteiger partial charge in [-0.3, -0.25) is 4.79 Å². The summed E-state index contributed by atoms with van der Waals surface area (Å²) < 4.78 is 1.03. The predicted octanol–water partition coefficient (Wildman–Crippen LogP) is 4.59. The maximum absolute atomic E-state index is 12.0. The summed E-state index contributed by atoms with van der Waals surface area (Å²) in [4.78, 5) is 12.0. The Balaban J connectivity index is 1.98. The molecule has 3 heteroatoms. The van der Waals surface area contributed by atoms with Crippen LogP contribution in [0.3, 0.4) is 0 Å². The van der Waals surface area contributed by atoms with Gasteiger partial charge in [-0.2, -0.15) is 0 Å². The molecule has 0 saturated carbocycles. The summed E-state index contributed by atoms with van der Waals surface area (Å²) in [5.74, 6) is 0.0874. The van der Waals surface area contributed by atoms with Crippen molar-refractivity contribution in [3.63, 3.8) is 0 Å². The van der Waals surface area contributed by atoms with E-state index >= 15 is 0 Å². The van der Waals surface area contributed by atoms with E-state index < -0.39 is 0 Å². The summed E-state index contributed by atoms with van der Waals surface area (Å²) in [6.07, 6.45) is 7.43. The molecule has 1 aliphatic rings. The quantitative estimate of drug-likeness (QED) is 0.813. The van der Waals surface area contributed by atoms with Gasteiger partial charge in [-0.25, -0.2) is 0 Å². The Kier molecular flexibility index (Phi) is 4.59. The van der Waals surface area contributed by atoms with E-state index in [4.69, 9.17) is 0 Å². The van der Waals surface area contributed by atoms with E-state index in [0.29, 0.717) is 6.42 Å². The molecule has 1 aromatic carbocycles. The molecule has 96 valence electrons. The highest BCUT2D eigenvalue weighted by Crippen LogP contribution is 2.25. The second kappa shape index (κ2) is 6.19. The number of hydrogen-bond acceptors (Lipinski definition) is 1. The minimum absolute atomic E-state index is 0.0874. The average Bonchev–Trinajstić information content (AvgIpc) is 2.36. The molecule has 2 rings (SSSR count). The van der Waals surface area contributed by atoms with Crippen LogP contribution in [0.25, 0.3) is 0 Å². The van der Waals surface area contributed by atoms with Crippen LogP contribution >= 0.6 is 15.9 Å². The number of hydrogen-bond donors (Lipinski definition) is 1. The molecule has 1 aromatic rings. The van der Waals surface area contributed by atoms with E-state index in [0.717, 1.165) is 28.6 Å². The van der Waals surface area contributed by atoms with Gasteiger partial charge in [0.05, 0.1) is 0 Å². The molecule has 18 heavy (non-hydrogen) atoms. The Hall–Kier alpha value is -1.09. The molecular formula is C15H18BrNO. The monoisotopic (exact) mass is 307 g/mol. The number of allylic oxidation sites excluding steroid dienone is 1. The van der Waals surface area contributed by atoms with Crippen LogP contribution < -0.4 is 5.32 Å². The summed E-state index contributed by atoms with van der Waals surface area (Å²) >= 11 is 3.47. The number of carbonyl (C=O) groups excluding carboxylic acids is 1. The van der Waals surface area contributed by atoms with Crippen molar-refractivity contribution in [1.29, 1.82) is 0 Å². The van der Waals surface area contributed by atoms with E-state index in [1.54, 1.807) is 0 Å². The fraction of sp³-hybridized carbons (Fsp3) is 0.400. The molecule has 0 atom stereocenters. The third-order valence-corrected chi connectivity index (χ3v) is 4.17. The van der Waals surface area contributed by atoms with Gasteiger partial charge < -0.3 is 5.32 Å². The fourth-order valence-corrected chi connectivity index (χ4v) is 2.57. The Bertz CT molecular complexity index is 479. The number of benzene rings is 1. The Morgan fingerprint density at radius 2 is 2.22 bits per heavy atom. The highest BCUT2D eigenvalue weighted by atomic mass is 79.9. The van der Waals surface area contributed by atoms with Gasteiger partial charge in [-0.1, -0.05) is 33.6 Å². The number of amides is 1. The lowest BCUT2D eigenvalue weighted by Crippen LogP contribution is -2.13. The van der Waals surface area contributed by atoms with Gasteiger partial charge in [0.2, 0.25) is 5.91 Å². The molecule has 0 saturated heterocycles. The van der Waals surface area contributed by atoms with Crippen molar-refractivity contribution < 1.29 is 4.79 Å². The molecule has 1 aliphatic carbocycles. The first-order chi connectivity index (χ1) is 8.66. The molecule has 0 unspecified atom stereocenters. The van der Waals surface area contributed by atoms with E-state index in [1.807, 2.05) is 25.1 Å². The van der Waals surface area contributed by atoms with Gasteiger partial charge in [0.1, 0.15) is 0 Å². The first-order valence-electron chi connectivity index (χ1n) is 6.39. The van der Waals surface area contributed by atoms with Gasteiger partial charge in [0, 0.05) is 16.6 Å². The van der Waals surface area contributed by atoms with Crippen LogP contribution in [-0.4, -0.2) is 5.91 Å². The number of rotatable bonds is 3. The third-order valence-electron chi connectivity index (χ3n) is 3.31. The van der Waals surface area contributed by atoms with Crippen LogP contribution in [0.1, 0.15) is 37.7 Å². The Morgan fingerprint density at radius 1 is 1.39 bits per heavy atom. The first-order valence-corrected chi connectivity index (χ1v) is 7.19. The molecule has 0 bridgehead atoms. The number of anilines is 1. The minimum atomic E-state index is 0.0874. The topological polar surface area (TPSA) is 29.1 Å². The molecule has 0 fully saturated rings. The SMILES string of the molecule is Cc1c(Br)cccc1NC(=O)CC1=CCCCC1. The van der Waals surface area contributed by atoms with Gasteiger partial charge in [-0.15, -0.1) is 0 Å². The van der Waals surface area contributed by atoms with Crippen molar-refractivity contribution in [2.75, 3.05) is 5.32 Å². The number of nitrogens with one attached hydrogen (secondary N) is 1. The normalized spacial score (nSPS) is 15.1. The molecule has 0 radical (unpaired) electrons. The van der Waals surface area contributed by atoms with Gasteiger partial charge in [0.25, 0.3) is 0 Å². The summed E-state index contributed by atoms with van der Waals surface area (Å²) in [6, 6.07) is 5.86. The largest absolute Gasteiger partial charge is 0.326 e. The van der Waals surface area contributed by atoms with Crippen molar-refractivity contribution in [2.24, 2.45) is 0 Å². The van der Waals surface area contributed by atoms with Crippen molar-refractivity contribution in [2.45, 2.75) is 39.0 Å². The first kappa shape index (κ1) is 13.3. The van der Waals surface area contributed by atoms with Crippen LogP contribution in [0.4, 0.5) is 5.69 Å². The number of halogens is 1. The molecule has 1 amide bonds. The highest BCUT2D eigenvalue weighted by molar-refractivity contribution is 9.10. The van der Waals surface area contributed by atoms with Gasteiger partial charge in [0.15, 0.2) is 0 Å². The molecule has 0 aromatic heterocycles. The smallest absolute Gasteiger partial charge is 0.228 e. The molecule has 0 aliphatic heterocycles. The maximum atomic E-state index is 12.0. The molecule has 0 spiro atoms. The van der Waals surface area contributed by atoms with Crippen molar-refractivity contribution in [3.8, 4) is 0 Å². The zero-order valence-electron chi connectivity index (χ0n) is 10.6. The number of carbonyl (C=O) groups is 1. The summed E-state index contributed by atoms with van der Waals surface area (Å²) in [7, 11) is 0. The second-order valence-electron chi connectivity index (χ2n) is 4.75. The summed E-state index contributed by atoms with van der Waals surface area (Å²) in [6.45, 7) is 2.00. The van der Waals surface area contributed by atoms with E-state index in [9.17, 15) is 4.79 Å².